The van der Waals surface area contributed by atoms with Gasteiger partial charge in [-0.15, -0.1) is 0 Å². The van der Waals surface area contributed by atoms with Crippen LogP contribution in [0, 0.1) is 0 Å². The number of nitrogens with zero attached hydrogens (tertiary/aromatic N) is 1. The Labute approximate surface area is 139 Å². The van der Waals surface area contributed by atoms with Crippen molar-refractivity contribution in [3.63, 3.8) is 0 Å². The molecule has 0 unspecified atom stereocenters. The van der Waals surface area contributed by atoms with Gasteiger partial charge >= 0.3 is 58.4 Å². The molecule has 0 aromatic carbocycles. The molecule has 0 aliphatic rings. The van der Waals surface area contributed by atoms with E-state index in [1.807, 2.05) is 0 Å². The molecule has 1 rings (SSSR count). The summed E-state index contributed by atoms with van der Waals surface area (Å²) in [4.78, 5) is 3.44. The summed E-state index contributed by atoms with van der Waals surface area (Å²) >= 11 is 5.22. The van der Waals surface area contributed by atoms with Crippen LogP contribution in [-0.4, -0.2) is 18.6 Å². The maximum absolute atomic E-state index is 12.3. The molecule has 0 saturated carbocycles. The Bertz CT molecular complexity index is 361. The molecule has 2 nitrogen and oxygen atoms in total. The summed E-state index contributed by atoms with van der Waals surface area (Å²) in [5.74, 6) is 0.0708. The first-order valence-corrected chi connectivity index (χ1v) is 4.50. The molecule has 1 aromatic rings. The average molecular weight is 276 g/mol. The SMILES string of the molecule is F[B-](F)(F)c1cncc(OC/C=C/Cl)c1.[K+]. The van der Waals surface area contributed by atoms with Crippen molar-refractivity contribution >= 4 is 24.0 Å². The molecule has 1 aromatic heterocycles. The summed E-state index contributed by atoms with van der Waals surface area (Å²) in [7, 11) is 0. The van der Waals surface area contributed by atoms with Gasteiger partial charge in [-0.05, 0) is 12.1 Å². The maximum atomic E-state index is 12.3. The fourth-order valence-electron chi connectivity index (χ4n) is 0.874. The fraction of sp³-hybridized carbons (Fsp3) is 0.125. The zero-order valence-corrected chi connectivity index (χ0v) is 12.4. The number of pyridine rings is 1. The van der Waals surface area contributed by atoms with E-state index in [-0.39, 0.29) is 63.7 Å². The molecule has 0 fully saturated rings. The topological polar surface area (TPSA) is 22.1 Å². The number of aromatic nitrogens is 1. The first kappa shape index (κ1) is 16.5. The molecular formula is C8H7BClF3KNO. The van der Waals surface area contributed by atoms with E-state index in [0.29, 0.717) is 0 Å². The van der Waals surface area contributed by atoms with Crippen molar-refractivity contribution in [1.29, 1.82) is 0 Å². The molecule has 16 heavy (non-hydrogen) atoms. The van der Waals surface area contributed by atoms with Crippen molar-refractivity contribution in [2.45, 2.75) is 0 Å². The molecule has 0 aliphatic heterocycles. The van der Waals surface area contributed by atoms with Crippen LogP contribution in [0.25, 0.3) is 0 Å². The van der Waals surface area contributed by atoms with E-state index in [0.717, 1.165) is 12.3 Å². The van der Waals surface area contributed by atoms with E-state index < -0.39 is 12.4 Å². The Kier molecular flexibility index (Phi) is 7.96. The summed E-state index contributed by atoms with van der Waals surface area (Å²) in [6, 6.07) is 0.912. The van der Waals surface area contributed by atoms with Gasteiger partial charge in [0, 0.05) is 11.7 Å². The van der Waals surface area contributed by atoms with Crippen LogP contribution in [0.15, 0.2) is 30.1 Å². The Morgan fingerprint density at radius 1 is 1.38 bits per heavy atom. The second-order valence-electron chi connectivity index (χ2n) is 2.70. The normalized spacial score (nSPS) is 11.2. The Morgan fingerprint density at radius 2 is 2.06 bits per heavy atom. The Balaban J connectivity index is 0.00000225. The van der Waals surface area contributed by atoms with E-state index in [1.54, 1.807) is 0 Å². The van der Waals surface area contributed by atoms with Crippen LogP contribution in [0.5, 0.6) is 5.75 Å². The molecule has 0 radical (unpaired) electrons. The summed E-state index contributed by atoms with van der Waals surface area (Å²) in [6.07, 6.45) is 3.45. The maximum Gasteiger partial charge on any atom is 1.00 e. The van der Waals surface area contributed by atoms with E-state index in [1.165, 1.54) is 17.8 Å². The van der Waals surface area contributed by atoms with Gasteiger partial charge in [0.15, 0.2) is 0 Å². The van der Waals surface area contributed by atoms with Gasteiger partial charge in [-0.25, -0.2) is 0 Å². The van der Waals surface area contributed by atoms with Crippen LogP contribution >= 0.6 is 11.6 Å². The molecule has 0 saturated heterocycles. The van der Waals surface area contributed by atoms with Gasteiger partial charge in [-0.2, -0.15) is 0 Å². The van der Waals surface area contributed by atoms with Crippen molar-refractivity contribution in [1.82, 2.24) is 4.98 Å². The first-order chi connectivity index (χ1) is 7.04. The quantitative estimate of drug-likeness (QED) is 0.676. The number of hydrogen-bond acceptors (Lipinski definition) is 2. The van der Waals surface area contributed by atoms with Gasteiger partial charge in [-0.1, -0.05) is 17.1 Å². The summed E-state index contributed by atoms with van der Waals surface area (Å²) in [5, 5.41) is 0. The molecule has 0 atom stereocenters. The van der Waals surface area contributed by atoms with E-state index in [4.69, 9.17) is 16.3 Å². The van der Waals surface area contributed by atoms with Gasteiger partial charge < -0.3 is 17.7 Å². The third kappa shape index (κ3) is 5.70. The van der Waals surface area contributed by atoms with E-state index in [9.17, 15) is 12.9 Å². The standard InChI is InChI=1S/C8H7BClF3NO.K/c10-2-1-3-15-8-4-7(5-14-6-8)9(11,12)13;/h1-2,4-6H,3H2;/q-1;+1/b2-1+;. The molecule has 0 aliphatic carbocycles. The minimum absolute atomic E-state index is 0. The summed E-state index contributed by atoms with van der Waals surface area (Å²) in [5.41, 5.74) is 0.452. The van der Waals surface area contributed by atoms with Crippen LogP contribution in [0.1, 0.15) is 0 Å². The van der Waals surface area contributed by atoms with Crippen LogP contribution < -0.4 is 61.6 Å². The second-order valence-corrected chi connectivity index (χ2v) is 2.95. The molecule has 82 valence electrons. The van der Waals surface area contributed by atoms with Gasteiger partial charge in [0.25, 0.3) is 0 Å². The van der Waals surface area contributed by atoms with Gasteiger partial charge in [0.2, 0.25) is 0 Å². The number of halogens is 4. The molecule has 8 heteroatoms. The molecule has 1 heterocycles. The third-order valence-electron chi connectivity index (χ3n) is 1.55. The predicted molar refractivity (Wildman–Crippen MR) is 53.4 cm³/mol. The minimum atomic E-state index is -5.03. The van der Waals surface area contributed by atoms with Crippen LogP contribution in [0.2, 0.25) is 0 Å². The predicted octanol–water partition coefficient (Wildman–Crippen LogP) is -0.729. The van der Waals surface area contributed by atoms with Crippen molar-refractivity contribution in [3.8, 4) is 5.75 Å². The largest absolute Gasteiger partial charge is 1.00 e. The fourth-order valence-corrected chi connectivity index (χ4v) is 0.947. The van der Waals surface area contributed by atoms with Gasteiger partial charge in [-0.3, -0.25) is 4.98 Å². The Hall–Kier alpha value is 0.471. The summed E-state index contributed by atoms with van der Waals surface area (Å²) < 4.78 is 41.8. The second kappa shape index (κ2) is 7.73. The van der Waals surface area contributed by atoms with E-state index in [2.05, 4.69) is 4.98 Å². The molecule has 0 spiro atoms. The minimum Gasteiger partial charge on any atom is -0.488 e. The van der Waals surface area contributed by atoms with Crippen molar-refractivity contribution in [3.05, 3.63) is 30.1 Å². The van der Waals surface area contributed by atoms with Crippen LogP contribution in [0.4, 0.5) is 12.9 Å². The zero-order chi connectivity index (χ0) is 11.3. The van der Waals surface area contributed by atoms with Crippen LogP contribution in [0.3, 0.4) is 0 Å². The molecule has 0 bridgehead atoms. The average Bonchev–Trinajstić information content (AvgIpc) is 2.17. The van der Waals surface area contributed by atoms with Gasteiger partial charge in [0.05, 0.1) is 6.20 Å². The van der Waals surface area contributed by atoms with Crippen molar-refractivity contribution in [2.75, 3.05) is 6.61 Å². The third-order valence-corrected chi connectivity index (χ3v) is 1.73. The molecule has 0 amide bonds. The van der Waals surface area contributed by atoms with Crippen LogP contribution in [-0.2, 0) is 0 Å². The summed E-state index contributed by atoms with van der Waals surface area (Å²) in [6.45, 7) is -4.92. The number of hydrogen-bond donors (Lipinski definition) is 0. The molecule has 0 N–H and O–H groups in total. The number of ether oxygens (including phenoxy) is 1. The van der Waals surface area contributed by atoms with Gasteiger partial charge in [0.1, 0.15) is 12.4 Å². The smallest absolute Gasteiger partial charge is 0.488 e. The van der Waals surface area contributed by atoms with E-state index >= 15 is 0 Å². The van der Waals surface area contributed by atoms with Crippen molar-refractivity contribution in [2.24, 2.45) is 0 Å². The monoisotopic (exact) mass is 275 g/mol. The number of rotatable bonds is 4. The zero-order valence-electron chi connectivity index (χ0n) is 8.54. The first-order valence-electron chi connectivity index (χ1n) is 4.07. The Morgan fingerprint density at radius 3 is 2.62 bits per heavy atom. The molecular weight excluding hydrogens is 268 g/mol. The van der Waals surface area contributed by atoms with Crippen molar-refractivity contribution < 1.29 is 69.1 Å².